The summed E-state index contributed by atoms with van der Waals surface area (Å²) in [5.74, 6) is -0.429. The number of rotatable bonds is 4. The summed E-state index contributed by atoms with van der Waals surface area (Å²) < 4.78 is 7.14. The minimum Gasteiger partial charge on any atom is -0.455 e. The summed E-state index contributed by atoms with van der Waals surface area (Å²) in [6.07, 6.45) is 3.94. The van der Waals surface area contributed by atoms with Crippen molar-refractivity contribution < 1.29 is 9.53 Å². The number of hydrogen-bond donors (Lipinski definition) is 0. The third-order valence-corrected chi connectivity index (χ3v) is 3.98. The van der Waals surface area contributed by atoms with Crippen molar-refractivity contribution >= 4 is 5.97 Å². The highest BCUT2D eigenvalue weighted by Gasteiger charge is 2.28. The largest absolute Gasteiger partial charge is 0.455 e. The minimum atomic E-state index is -0.534. The van der Waals surface area contributed by atoms with Crippen molar-refractivity contribution in [1.29, 1.82) is 0 Å². The zero-order valence-corrected chi connectivity index (χ0v) is 14.5. The van der Waals surface area contributed by atoms with Gasteiger partial charge in [-0.1, -0.05) is 35.5 Å². The van der Waals surface area contributed by atoms with Gasteiger partial charge in [0.05, 0.1) is 6.20 Å². The molecule has 6 nitrogen and oxygen atoms in total. The normalized spacial score (nSPS) is 18.7. The van der Waals surface area contributed by atoms with Crippen LogP contribution in [0.25, 0.3) is 0 Å². The Morgan fingerprint density at radius 3 is 2.75 bits per heavy atom. The summed E-state index contributed by atoms with van der Waals surface area (Å²) >= 11 is 0. The first-order valence-corrected chi connectivity index (χ1v) is 8.35. The molecular weight excluding hydrogens is 304 g/mol. The number of aromatic nitrogens is 3. The van der Waals surface area contributed by atoms with E-state index in [4.69, 9.17) is 4.74 Å². The molecule has 6 heteroatoms. The van der Waals surface area contributed by atoms with Crippen LogP contribution in [0.3, 0.4) is 0 Å². The van der Waals surface area contributed by atoms with Crippen LogP contribution < -0.4 is 0 Å². The molecule has 1 saturated heterocycles. The Labute approximate surface area is 142 Å². The number of ether oxygens (including phenoxy) is 1. The van der Waals surface area contributed by atoms with Gasteiger partial charge in [-0.05, 0) is 39.2 Å². The molecule has 1 unspecified atom stereocenters. The lowest BCUT2D eigenvalue weighted by atomic mass is 10.2. The van der Waals surface area contributed by atoms with Crippen molar-refractivity contribution in [3.63, 3.8) is 0 Å². The quantitative estimate of drug-likeness (QED) is 0.807. The molecule has 0 bridgehead atoms. The predicted molar refractivity (Wildman–Crippen MR) is 90.3 cm³/mol. The topological polar surface area (TPSA) is 60.2 Å². The SMILES string of the molecule is CC(C)(C)OC(=O)c1cn(C2CCCN2Cc2ccccc2)nn1. The second-order valence-corrected chi connectivity index (χ2v) is 7.16. The second kappa shape index (κ2) is 6.73. The summed E-state index contributed by atoms with van der Waals surface area (Å²) in [5, 5.41) is 8.16. The van der Waals surface area contributed by atoms with Gasteiger partial charge < -0.3 is 4.74 Å². The first kappa shape index (κ1) is 16.6. The van der Waals surface area contributed by atoms with Crippen LogP contribution in [-0.2, 0) is 11.3 Å². The number of carbonyl (C=O) groups excluding carboxylic acids is 1. The Balaban J connectivity index is 1.70. The average Bonchev–Trinajstić information content (AvgIpc) is 3.15. The van der Waals surface area contributed by atoms with Crippen LogP contribution in [0.1, 0.15) is 55.8 Å². The molecule has 0 spiro atoms. The van der Waals surface area contributed by atoms with E-state index >= 15 is 0 Å². The molecule has 1 atom stereocenters. The van der Waals surface area contributed by atoms with Crippen LogP contribution in [-0.4, -0.2) is 38.0 Å². The van der Waals surface area contributed by atoms with Gasteiger partial charge in [-0.15, -0.1) is 5.10 Å². The Bertz CT molecular complexity index is 691. The third-order valence-electron chi connectivity index (χ3n) is 3.98. The van der Waals surface area contributed by atoms with E-state index in [0.717, 1.165) is 25.9 Å². The molecule has 2 aromatic rings. The fourth-order valence-corrected chi connectivity index (χ4v) is 2.96. The second-order valence-electron chi connectivity index (χ2n) is 7.16. The highest BCUT2D eigenvalue weighted by molar-refractivity contribution is 5.87. The van der Waals surface area contributed by atoms with Gasteiger partial charge in [0.15, 0.2) is 5.69 Å². The first-order valence-electron chi connectivity index (χ1n) is 8.35. The number of hydrogen-bond acceptors (Lipinski definition) is 5. The van der Waals surface area contributed by atoms with Gasteiger partial charge in [-0.2, -0.15) is 0 Å². The molecule has 128 valence electrons. The van der Waals surface area contributed by atoms with Crippen molar-refractivity contribution in [1.82, 2.24) is 19.9 Å². The zero-order chi connectivity index (χ0) is 17.2. The lowest BCUT2D eigenvalue weighted by molar-refractivity contribution is 0.00626. The monoisotopic (exact) mass is 328 g/mol. The Morgan fingerprint density at radius 1 is 1.29 bits per heavy atom. The van der Waals surface area contributed by atoms with Gasteiger partial charge in [0, 0.05) is 13.1 Å². The molecule has 1 aliphatic rings. The molecule has 24 heavy (non-hydrogen) atoms. The van der Waals surface area contributed by atoms with E-state index in [1.54, 1.807) is 10.9 Å². The van der Waals surface area contributed by atoms with Crippen LogP contribution in [0.2, 0.25) is 0 Å². The molecule has 3 rings (SSSR count). The van der Waals surface area contributed by atoms with E-state index in [1.807, 2.05) is 26.8 Å². The fraction of sp³-hybridized carbons (Fsp3) is 0.500. The van der Waals surface area contributed by atoms with Crippen molar-refractivity contribution in [2.24, 2.45) is 0 Å². The number of carbonyl (C=O) groups is 1. The van der Waals surface area contributed by atoms with Crippen LogP contribution in [0, 0.1) is 0 Å². The number of likely N-dealkylation sites (tertiary alicyclic amines) is 1. The fourth-order valence-electron chi connectivity index (χ4n) is 2.96. The van der Waals surface area contributed by atoms with Gasteiger partial charge in [-0.3, -0.25) is 4.90 Å². The molecule has 0 N–H and O–H groups in total. The van der Waals surface area contributed by atoms with Crippen LogP contribution >= 0.6 is 0 Å². The molecule has 1 fully saturated rings. The van der Waals surface area contributed by atoms with E-state index in [-0.39, 0.29) is 11.9 Å². The van der Waals surface area contributed by atoms with Crippen LogP contribution in [0.4, 0.5) is 0 Å². The predicted octanol–water partition coefficient (Wildman–Crippen LogP) is 3.03. The van der Waals surface area contributed by atoms with Gasteiger partial charge in [0.2, 0.25) is 0 Å². The smallest absolute Gasteiger partial charge is 0.361 e. The number of esters is 1. The number of benzene rings is 1. The lowest BCUT2D eigenvalue weighted by Crippen LogP contribution is -2.27. The molecule has 0 radical (unpaired) electrons. The average molecular weight is 328 g/mol. The van der Waals surface area contributed by atoms with Crippen molar-refractivity contribution in [3.8, 4) is 0 Å². The molecule has 0 aliphatic carbocycles. The maximum Gasteiger partial charge on any atom is 0.361 e. The van der Waals surface area contributed by atoms with Crippen molar-refractivity contribution in [2.45, 2.75) is 51.9 Å². The molecular formula is C18H24N4O2. The minimum absolute atomic E-state index is 0.133. The van der Waals surface area contributed by atoms with Gasteiger partial charge in [-0.25, -0.2) is 9.48 Å². The molecule has 1 aromatic carbocycles. The van der Waals surface area contributed by atoms with Gasteiger partial charge in [0.25, 0.3) is 0 Å². The van der Waals surface area contributed by atoms with Gasteiger partial charge >= 0.3 is 5.97 Å². The Kier molecular flexibility index (Phi) is 4.66. The van der Waals surface area contributed by atoms with E-state index in [1.165, 1.54) is 5.56 Å². The first-order chi connectivity index (χ1) is 11.4. The molecule has 1 aromatic heterocycles. The van der Waals surface area contributed by atoms with E-state index in [2.05, 4.69) is 39.5 Å². The maximum atomic E-state index is 12.1. The van der Waals surface area contributed by atoms with Crippen LogP contribution in [0.15, 0.2) is 36.5 Å². The Morgan fingerprint density at radius 2 is 2.04 bits per heavy atom. The summed E-state index contributed by atoms with van der Waals surface area (Å²) in [5.41, 5.74) is 1.00. The van der Waals surface area contributed by atoms with E-state index in [9.17, 15) is 4.79 Å². The summed E-state index contributed by atoms with van der Waals surface area (Å²) in [7, 11) is 0. The van der Waals surface area contributed by atoms with Crippen molar-refractivity contribution in [2.75, 3.05) is 6.54 Å². The molecule has 2 heterocycles. The summed E-state index contributed by atoms with van der Waals surface area (Å²) in [6, 6.07) is 10.4. The van der Waals surface area contributed by atoms with Gasteiger partial charge in [0.1, 0.15) is 11.8 Å². The van der Waals surface area contributed by atoms with Crippen LogP contribution in [0.5, 0.6) is 0 Å². The highest BCUT2D eigenvalue weighted by atomic mass is 16.6. The Hall–Kier alpha value is -2.21. The lowest BCUT2D eigenvalue weighted by Gasteiger charge is -2.24. The summed E-state index contributed by atoms with van der Waals surface area (Å²) in [6.45, 7) is 7.41. The molecule has 1 aliphatic heterocycles. The van der Waals surface area contributed by atoms with Crippen molar-refractivity contribution in [3.05, 3.63) is 47.8 Å². The molecule has 0 amide bonds. The van der Waals surface area contributed by atoms with E-state index < -0.39 is 11.6 Å². The summed E-state index contributed by atoms with van der Waals surface area (Å²) in [4.78, 5) is 14.5. The zero-order valence-electron chi connectivity index (χ0n) is 14.5. The number of nitrogens with zero attached hydrogens (tertiary/aromatic N) is 4. The maximum absolute atomic E-state index is 12.1. The standard InChI is InChI=1S/C18H24N4O2/c1-18(2,3)24-17(23)15-13-22(20-19-15)16-10-7-11-21(16)12-14-8-5-4-6-9-14/h4-6,8-9,13,16H,7,10-12H2,1-3H3. The third kappa shape index (κ3) is 4.00. The highest BCUT2D eigenvalue weighted by Crippen LogP contribution is 2.28. The van der Waals surface area contributed by atoms with E-state index in [0.29, 0.717) is 0 Å². The molecule has 0 saturated carbocycles.